The van der Waals surface area contributed by atoms with E-state index < -0.39 is 12.0 Å². The number of hydrogen-bond donors (Lipinski definition) is 2. The summed E-state index contributed by atoms with van der Waals surface area (Å²) in [7, 11) is 0. The van der Waals surface area contributed by atoms with Gasteiger partial charge in [-0.3, -0.25) is 9.63 Å². The van der Waals surface area contributed by atoms with Gasteiger partial charge >= 0.3 is 5.97 Å². The molecular formula is C11H14N2O4. The largest absolute Gasteiger partial charge is 0.480 e. The van der Waals surface area contributed by atoms with E-state index in [0.717, 1.165) is 10.6 Å². The molecule has 0 saturated carbocycles. The number of nitrogens with two attached hydrogens (primary N) is 1. The van der Waals surface area contributed by atoms with Crippen LogP contribution in [0.25, 0.3) is 0 Å². The van der Waals surface area contributed by atoms with Crippen LogP contribution in [-0.4, -0.2) is 35.1 Å². The highest BCUT2D eigenvalue weighted by atomic mass is 16.7. The lowest BCUT2D eigenvalue weighted by Gasteiger charge is -2.22. The molecule has 3 N–H and O–H groups in total. The van der Waals surface area contributed by atoms with Crippen molar-refractivity contribution in [3.8, 4) is 0 Å². The normalized spacial score (nSPS) is 11.8. The van der Waals surface area contributed by atoms with Crippen molar-refractivity contribution in [1.29, 1.82) is 0 Å². The molecule has 17 heavy (non-hydrogen) atoms. The van der Waals surface area contributed by atoms with Gasteiger partial charge in [0.15, 0.2) is 6.04 Å². The Bertz CT molecular complexity index is 369. The van der Waals surface area contributed by atoms with E-state index in [0.29, 0.717) is 6.41 Å². The minimum Gasteiger partial charge on any atom is -0.480 e. The number of hydrogen-bond acceptors (Lipinski definition) is 4. The van der Waals surface area contributed by atoms with Crippen LogP contribution in [0, 0.1) is 0 Å². The fourth-order valence-corrected chi connectivity index (χ4v) is 1.23. The third-order valence-electron chi connectivity index (χ3n) is 2.14. The summed E-state index contributed by atoms with van der Waals surface area (Å²) in [6, 6.07) is 7.93. The van der Waals surface area contributed by atoms with Crippen molar-refractivity contribution in [3.63, 3.8) is 0 Å². The molecule has 0 radical (unpaired) electrons. The SMILES string of the molecule is NCC(C(=O)O)N(C=O)OCc1ccccc1. The molecule has 1 aromatic rings. The van der Waals surface area contributed by atoms with E-state index in [1.54, 1.807) is 12.1 Å². The highest BCUT2D eigenvalue weighted by molar-refractivity contribution is 5.76. The summed E-state index contributed by atoms with van der Waals surface area (Å²) in [4.78, 5) is 26.6. The van der Waals surface area contributed by atoms with Gasteiger partial charge in [0.1, 0.15) is 6.61 Å². The van der Waals surface area contributed by atoms with Crippen molar-refractivity contribution < 1.29 is 19.5 Å². The smallest absolute Gasteiger partial charge is 0.330 e. The van der Waals surface area contributed by atoms with E-state index >= 15 is 0 Å². The van der Waals surface area contributed by atoms with Crippen LogP contribution in [0.2, 0.25) is 0 Å². The number of rotatable bonds is 7. The molecule has 0 heterocycles. The quantitative estimate of drug-likeness (QED) is 0.514. The molecule has 6 heteroatoms. The lowest BCUT2D eigenvalue weighted by molar-refractivity contribution is -0.199. The Morgan fingerprint density at radius 2 is 2.12 bits per heavy atom. The molecule has 0 aliphatic heterocycles. The van der Waals surface area contributed by atoms with Gasteiger partial charge in [-0.25, -0.2) is 9.86 Å². The molecule has 0 bridgehead atoms. The van der Waals surface area contributed by atoms with Crippen molar-refractivity contribution >= 4 is 12.4 Å². The highest BCUT2D eigenvalue weighted by Gasteiger charge is 2.23. The maximum absolute atomic E-state index is 10.8. The van der Waals surface area contributed by atoms with E-state index in [4.69, 9.17) is 15.7 Å². The summed E-state index contributed by atoms with van der Waals surface area (Å²) in [5, 5.41) is 9.53. The van der Waals surface area contributed by atoms with Crippen LogP contribution in [0.15, 0.2) is 30.3 Å². The Morgan fingerprint density at radius 1 is 1.47 bits per heavy atom. The monoisotopic (exact) mass is 238 g/mol. The Morgan fingerprint density at radius 3 is 2.59 bits per heavy atom. The van der Waals surface area contributed by atoms with Gasteiger partial charge in [0.05, 0.1) is 0 Å². The van der Waals surface area contributed by atoms with Gasteiger partial charge in [-0.15, -0.1) is 0 Å². The van der Waals surface area contributed by atoms with Gasteiger partial charge < -0.3 is 10.8 Å². The van der Waals surface area contributed by atoms with Crippen molar-refractivity contribution in [2.24, 2.45) is 5.73 Å². The van der Waals surface area contributed by atoms with Crippen LogP contribution in [0.3, 0.4) is 0 Å². The Kier molecular flexibility index (Phi) is 5.12. The number of hydroxylamine groups is 2. The van der Waals surface area contributed by atoms with Crippen molar-refractivity contribution in [3.05, 3.63) is 35.9 Å². The van der Waals surface area contributed by atoms with Crippen molar-refractivity contribution in [1.82, 2.24) is 5.06 Å². The fourth-order valence-electron chi connectivity index (χ4n) is 1.23. The van der Waals surface area contributed by atoms with Gasteiger partial charge in [0.2, 0.25) is 6.41 Å². The molecule has 0 saturated heterocycles. The first kappa shape index (κ1) is 13.1. The molecule has 1 unspecified atom stereocenters. The predicted octanol–water partition coefficient (Wildman–Crippen LogP) is -0.0115. The lowest BCUT2D eigenvalue weighted by Crippen LogP contribution is -2.45. The molecule has 0 spiro atoms. The standard InChI is InChI=1S/C11H14N2O4/c12-6-10(11(15)16)13(8-14)17-7-9-4-2-1-3-5-9/h1-5,8,10H,6-7,12H2,(H,15,16). The highest BCUT2D eigenvalue weighted by Crippen LogP contribution is 2.04. The van der Waals surface area contributed by atoms with Crippen LogP contribution in [0.5, 0.6) is 0 Å². The van der Waals surface area contributed by atoms with Gasteiger partial charge in [0.25, 0.3) is 0 Å². The second kappa shape index (κ2) is 6.62. The molecule has 1 rings (SSSR count). The fraction of sp³-hybridized carbons (Fsp3) is 0.273. The van der Waals surface area contributed by atoms with Gasteiger partial charge in [0, 0.05) is 6.54 Å². The second-order valence-corrected chi connectivity index (χ2v) is 3.31. The molecule has 92 valence electrons. The molecule has 0 aromatic heterocycles. The number of carboxylic acid groups (broad SMARTS) is 1. The zero-order valence-corrected chi connectivity index (χ0v) is 9.15. The molecule has 1 aromatic carbocycles. The number of nitrogens with zero attached hydrogens (tertiary/aromatic N) is 1. The Labute approximate surface area is 98.5 Å². The first-order valence-electron chi connectivity index (χ1n) is 5.02. The first-order chi connectivity index (χ1) is 8.19. The Balaban J connectivity index is 2.58. The summed E-state index contributed by atoms with van der Waals surface area (Å²) in [5.74, 6) is -1.20. The predicted molar refractivity (Wildman–Crippen MR) is 59.6 cm³/mol. The summed E-state index contributed by atoms with van der Waals surface area (Å²) in [6.07, 6.45) is 0.314. The van der Waals surface area contributed by atoms with Crippen molar-refractivity contribution in [2.45, 2.75) is 12.6 Å². The second-order valence-electron chi connectivity index (χ2n) is 3.31. The van der Waals surface area contributed by atoms with E-state index in [-0.39, 0.29) is 13.2 Å². The average molecular weight is 238 g/mol. The number of aliphatic carboxylic acids is 1. The number of benzene rings is 1. The molecule has 0 fully saturated rings. The first-order valence-corrected chi connectivity index (χ1v) is 5.02. The molecular weight excluding hydrogens is 224 g/mol. The van der Waals surface area contributed by atoms with E-state index in [1.807, 2.05) is 18.2 Å². The zero-order chi connectivity index (χ0) is 12.7. The van der Waals surface area contributed by atoms with Crippen LogP contribution >= 0.6 is 0 Å². The summed E-state index contributed by atoms with van der Waals surface area (Å²) < 4.78 is 0. The van der Waals surface area contributed by atoms with Gasteiger partial charge in [-0.05, 0) is 5.56 Å². The van der Waals surface area contributed by atoms with Crippen LogP contribution < -0.4 is 5.73 Å². The van der Waals surface area contributed by atoms with Crippen molar-refractivity contribution in [2.75, 3.05) is 6.54 Å². The summed E-state index contributed by atoms with van der Waals surface area (Å²) in [5.41, 5.74) is 6.09. The van der Waals surface area contributed by atoms with Crippen LogP contribution in [0.4, 0.5) is 0 Å². The molecule has 1 atom stereocenters. The van der Waals surface area contributed by atoms with Crippen LogP contribution in [-0.2, 0) is 21.0 Å². The topological polar surface area (TPSA) is 92.9 Å². The maximum Gasteiger partial charge on any atom is 0.330 e. The van der Waals surface area contributed by atoms with Crippen LogP contribution in [0.1, 0.15) is 5.56 Å². The number of carboxylic acids is 1. The summed E-state index contributed by atoms with van der Waals surface area (Å²) >= 11 is 0. The summed E-state index contributed by atoms with van der Waals surface area (Å²) in [6.45, 7) is -0.0910. The molecule has 0 aliphatic carbocycles. The van der Waals surface area contributed by atoms with Gasteiger partial charge in [-0.1, -0.05) is 30.3 Å². The number of carbonyl (C=O) groups is 2. The minimum absolute atomic E-state index is 0.114. The lowest BCUT2D eigenvalue weighted by atomic mass is 10.2. The van der Waals surface area contributed by atoms with E-state index in [1.165, 1.54) is 0 Å². The minimum atomic E-state index is -1.20. The molecule has 6 nitrogen and oxygen atoms in total. The van der Waals surface area contributed by atoms with E-state index in [9.17, 15) is 9.59 Å². The average Bonchev–Trinajstić information content (AvgIpc) is 2.35. The molecule has 0 aliphatic rings. The number of amides is 1. The Hall–Kier alpha value is -1.92. The third-order valence-corrected chi connectivity index (χ3v) is 2.14. The third kappa shape index (κ3) is 3.86. The zero-order valence-electron chi connectivity index (χ0n) is 9.15. The number of carbonyl (C=O) groups excluding carboxylic acids is 1. The van der Waals surface area contributed by atoms with Gasteiger partial charge in [-0.2, -0.15) is 0 Å². The molecule has 1 amide bonds. The van der Waals surface area contributed by atoms with E-state index in [2.05, 4.69) is 0 Å². The maximum atomic E-state index is 10.8.